The van der Waals surface area contributed by atoms with E-state index in [9.17, 15) is 58.2 Å². The van der Waals surface area contributed by atoms with E-state index in [4.69, 9.17) is 24.1 Å². The first-order valence-electron chi connectivity index (χ1n) is 25.8. The Bertz CT molecular complexity index is 1550. The predicted octanol–water partition coefficient (Wildman–Crippen LogP) is 2.69. The molecule has 0 aromatic rings. The molecule has 0 aromatic heterocycles. The van der Waals surface area contributed by atoms with E-state index in [2.05, 4.69) is 31.9 Å². The number of amides is 6. The van der Waals surface area contributed by atoms with Crippen LogP contribution in [0.1, 0.15) is 161 Å². The Kier molecular flexibility index (Phi) is 43.4. The van der Waals surface area contributed by atoms with Crippen molar-refractivity contribution in [1.82, 2.24) is 31.9 Å². The molecule has 23 nitrogen and oxygen atoms in total. The van der Waals surface area contributed by atoms with Gasteiger partial charge in [-0.2, -0.15) is 0 Å². The largest absolute Gasteiger partial charge is 0.481 e. The third kappa shape index (κ3) is 43.5. The van der Waals surface area contributed by atoms with Crippen LogP contribution in [0.25, 0.3) is 0 Å². The van der Waals surface area contributed by atoms with E-state index in [-0.39, 0.29) is 123 Å². The fraction of sp³-hybridized carbons (Fsp3) is 0.796. The Morgan fingerprint density at radius 2 is 0.778 bits per heavy atom. The third-order valence-corrected chi connectivity index (χ3v) is 11.0. The molecule has 3 atom stereocenters. The topological polar surface area (TPSA) is 340 Å². The average molecular weight is 1030 g/mol. The smallest absolute Gasteiger partial charge is 0.326 e. The molecule has 0 bridgehead atoms. The molecule has 9 N–H and O–H groups in total. The second kappa shape index (κ2) is 46.8. The van der Waals surface area contributed by atoms with Gasteiger partial charge in [0, 0.05) is 51.7 Å². The van der Waals surface area contributed by atoms with Crippen molar-refractivity contribution in [3.8, 4) is 0 Å². The van der Waals surface area contributed by atoms with E-state index >= 15 is 0 Å². The molecular formula is C49H86N6O17. The van der Waals surface area contributed by atoms with Crippen LogP contribution in [0.15, 0.2) is 0 Å². The van der Waals surface area contributed by atoms with E-state index in [0.717, 1.165) is 70.6 Å². The van der Waals surface area contributed by atoms with Crippen molar-refractivity contribution in [3.63, 3.8) is 0 Å². The highest BCUT2D eigenvalue weighted by Crippen LogP contribution is 2.14. The van der Waals surface area contributed by atoms with Gasteiger partial charge in [-0.25, -0.2) is 9.59 Å². The molecule has 1 unspecified atom stereocenters. The molecule has 0 aliphatic heterocycles. The predicted molar refractivity (Wildman–Crippen MR) is 264 cm³/mol. The van der Waals surface area contributed by atoms with Crippen LogP contribution in [0.4, 0.5) is 0 Å². The quantitative estimate of drug-likeness (QED) is 0.0312. The van der Waals surface area contributed by atoms with Crippen LogP contribution in [0.3, 0.4) is 0 Å². The van der Waals surface area contributed by atoms with Crippen LogP contribution >= 0.6 is 0 Å². The Labute approximate surface area is 424 Å². The minimum absolute atomic E-state index is 0.0355. The number of unbranched alkanes of at least 4 members (excludes halogenated alkanes) is 14. The van der Waals surface area contributed by atoms with Crippen LogP contribution < -0.4 is 31.9 Å². The lowest BCUT2D eigenvalue weighted by atomic mass is 10.0. The number of carbonyl (C=O) groups excluding carboxylic acids is 7. The molecule has 0 aliphatic carbocycles. The minimum atomic E-state index is -1.49. The van der Waals surface area contributed by atoms with Gasteiger partial charge < -0.3 is 71.0 Å². The summed E-state index contributed by atoms with van der Waals surface area (Å²) in [6, 6.07) is -3.89. The standard InChI is InChI=1S/C49H86N6O17/c1-2-3-26-50-45(61)36-71-33-32-70-30-28-52-46(62)37-72-34-31-69-29-27-51-41(57)23-20-38(35-56)53-43(59)24-21-40(49(67)68)55-44(60)25-22-39(48(65)66)54-42(58)18-16-14-12-10-8-6-4-5-7-9-11-13-15-17-19-47(63)64/h35,38-40H,2-34,36-37H2,1H3,(H,50,61)(H,51,57)(H,52,62)(H,53,59)(H,54,58)(H,55,60)(H,63,64)(H,65,66)(H,67,68)/t38-,39?,40-/m0/s1. The van der Waals surface area contributed by atoms with Gasteiger partial charge in [-0.05, 0) is 38.5 Å². The third-order valence-electron chi connectivity index (χ3n) is 11.0. The highest BCUT2D eigenvalue weighted by molar-refractivity contribution is 5.87. The van der Waals surface area contributed by atoms with Gasteiger partial charge in [0.2, 0.25) is 35.4 Å². The maximum absolute atomic E-state index is 12.6. The molecule has 72 heavy (non-hydrogen) atoms. The number of hydrogen-bond donors (Lipinski definition) is 9. The van der Waals surface area contributed by atoms with Crippen molar-refractivity contribution >= 4 is 59.6 Å². The second-order valence-corrected chi connectivity index (χ2v) is 17.4. The summed E-state index contributed by atoms with van der Waals surface area (Å²) in [5.74, 6) is -6.38. The number of carbonyl (C=O) groups is 10. The molecular weight excluding hydrogens is 945 g/mol. The molecule has 0 spiro atoms. The van der Waals surface area contributed by atoms with E-state index in [0.29, 0.717) is 19.3 Å². The van der Waals surface area contributed by atoms with Crippen molar-refractivity contribution in [1.29, 1.82) is 0 Å². The minimum Gasteiger partial charge on any atom is -0.481 e. The van der Waals surface area contributed by atoms with Crippen LogP contribution in [-0.4, -0.2) is 166 Å². The zero-order valence-corrected chi connectivity index (χ0v) is 42.6. The number of aliphatic carboxylic acids is 3. The van der Waals surface area contributed by atoms with Crippen molar-refractivity contribution in [3.05, 3.63) is 0 Å². The maximum Gasteiger partial charge on any atom is 0.326 e. The molecule has 0 saturated carbocycles. The van der Waals surface area contributed by atoms with Crippen LogP contribution in [-0.2, 0) is 66.9 Å². The molecule has 414 valence electrons. The summed E-state index contributed by atoms with van der Waals surface area (Å²) in [6.07, 6.45) is 15.5. The number of ether oxygens (including phenoxy) is 4. The second-order valence-electron chi connectivity index (χ2n) is 17.4. The lowest BCUT2D eigenvalue weighted by Gasteiger charge is -2.17. The fourth-order valence-electron chi connectivity index (χ4n) is 6.91. The zero-order valence-electron chi connectivity index (χ0n) is 42.6. The van der Waals surface area contributed by atoms with Crippen LogP contribution in [0.5, 0.6) is 0 Å². The van der Waals surface area contributed by atoms with Gasteiger partial charge in [0.15, 0.2) is 0 Å². The summed E-state index contributed by atoms with van der Waals surface area (Å²) in [7, 11) is 0. The number of hydrogen-bond acceptors (Lipinski definition) is 14. The van der Waals surface area contributed by atoms with E-state index < -0.39 is 66.1 Å². The lowest BCUT2D eigenvalue weighted by molar-refractivity contribution is -0.143. The molecule has 0 fully saturated rings. The Morgan fingerprint density at radius 3 is 1.21 bits per heavy atom. The molecule has 0 aliphatic rings. The molecule has 0 saturated heterocycles. The number of aldehydes is 1. The molecule has 0 heterocycles. The van der Waals surface area contributed by atoms with Gasteiger partial charge >= 0.3 is 17.9 Å². The highest BCUT2D eigenvalue weighted by atomic mass is 16.5. The molecule has 6 amide bonds. The first-order chi connectivity index (χ1) is 34.7. The molecule has 0 radical (unpaired) electrons. The highest BCUT2D eigenvalue weighted by Gasteiger charge is 2.25. The van der Waals surface area contributed by atoms with Gasteiger partial charge in [0.05, 0.1) is 45.7 Å². The van der Waals surface area contributed by atoms with E-state index in [1.807, 2.05) is 6.92 Å². The van der Waals surface area contributed by atoms with Gasteiger partial charge in [-0.15, -0.1) is 0 Å². The number of carboxylic acid groups (broad SMARTS) is 3. The first-order valence-corrected chi connectivity index (χ1v) is 25.8. The average Bonchev–Trinajstić information content (AvgIpc) is 3.34. The van der Waals surface area contributed by atoms with Crippen molar-refractivity contribution in [2.45, 2.75) is 179 Å². The summed E-state index contributed by atoms with van der Waals surface area (Å²) in [5.41, 5.74) is 0. The van der Waals surface area contributed by atoms with Crippen molar-refractivity contribution in [2.75, 3.05) is 72.5 Å². The molecule has 0 aromatic carbocycles. The van der Waals surface area contributed by atoms with Gasteiger partial charge in [-0.3, -0.25) is 33.6 Å². The zero-order chi connectivity index (χ0) is 53.5. The summed E-state index contributed by atoms with van der Waals surface area (Å²) in [6.45, 7) is 4.06. The number of carboxylic acids is 3. The van der Waals surface area contributed by atoms with Gasteiger partial charge in [-0.1, -0.05) is 90.4 Å². The van der Waals surface area contributed by atoms with Gasteiger partial charge in [0.25, 0.3) is 0 Å². The Morgan fingerprint density at radius 1 is 0.403 bits per heavy atom. The summed E-state index contributed by atoms with van der Waals surface area (Å²) in [5, 5.41) is 43.0. The first kappa shape index (κ1) is 66.7. The lowest BCUT2D eigenvalue weighted by Crippen LogP contribution is -2.44. The SMILES string of the molecule is CCCCNC(=O)COCCOCCNC(=O)COCCOCCNC(=O)CC[C@@H](C=O)NC(=O)CC[C@H](NC(=O)CCC(NC(=O)CCCCCCCCCCCCCCCCC(=O)O)C(=O)O)C(=O)O. The Balaban J connectivity index is 4.12. The number of nitrogens with one attached hydrogen (secondary N) is 6. The Hall–Kier alpha value is -5.26. The fourth-order valence-corrected chi connectivity index (χ4v) is 6.91. The van der Waals surface area contributed by atoms with Crippen LogP contribution in [0.2, 0.25) is 0 Å². The summed E-state index contributed by atoms with van der Waals surface area (Å²) >= 11 is 0. The monoisotopic (exact) mass is 1030 g/mol. The maximum atomic E-state index is 12.6. The van der Waals surface area contributed by atoms with Crippen molar-refractivity contribution in [2.24, 2.45) is 0 Å². The van der Waals surface area contributed by atoms with E-state index in [1.165, 1.54) is 25.7 Å². The summed E-state index contributed by atoms with van der Waals surface area (Å²) < 4.78 is 21.2. The molecule has 0 rings (SSSR count). The summed E-state index contributed by atoms with van der Waals surface area (Å²) in [4.78, 5) is 119. The normalized spacial score (nSPS) is 12.2. The van der Waals surface area contributed by atoms with E-state index in [1.54, 1.807) is 0 Å². The van der Waals surface area contributed by atoms with Crippen LogP contribution in [0, 0.1) is 0 Å². The molecule has 23 heteroatoms. The number of rotatable bonds is 51. The van der Waals surface area contributed by atoms with Crippen molar-refractivity contribution < 1.29 is 82.2 Å². The van der Waals surface area contributed by atoms with Gasteiger partial charge in [0.1, 0.15) is 31.6 Å².